The Kier molecular flexibility index (Phi) is 5.53. The van der Waals surface area contributed by atoms with Crippen LogP contribution in [-0.2, 0) is 16.0 Å². The molecule has 0 atom stereocenters. The zero-order valence-corrected chi connectivity index (χ0v) is 19.8. The highest BCUT2D eigenvalue weighted by molar-refractivity contribution is 6.53. The lowest BCUT2D eigenvalue weighted by atomic mass is 10.1. The average Bonchev–Trinajstić information content (AvgIpc) is 3.30. The molecule has 0 aliphatic carbocycles. The number of imide groups is 1. The minimum Gasteiger partial charge on any atom is -0.295 e. The van der Waals surface area contributed by atoms with Crippen LogP contribution in [0.25, 0.3) is 17.0 Å². The molecule has 5 rings (SSSR count). The van der Waals surface area contributed by atoms with E-state index in [1.54, 1.807) is 48.0 Å². The third-order valence-corrected chi connectivity index (χ3v) is 6.18. The van der Waals surface area contributed by atoms with Gasteiger partial charge in [0.15, 0.2) is 12.4 Å². The van der Waals surface area contributed by atoms with Crippen LogP contribution in [0.2, 0.25) is 0 Å². The average molecular weight is 466 g/mol. The van der Waals surface area contributed by atoms with Gasteiger partial charge in [-0.25, -0.2) is 9.58 Å². The fraction of sp³-hybridized carbons (Fsp3) is 0.143. The molecule has 0 fully saturated rings. The number of nitrogens with zero attached hydrogens (tertiary/aromatic N) is 3. The standard InChI is InChI=1S/C28H24N4O3/c1-4-20-11-9-15-30(17-20)25-24(26(33)31(28(25)35)22-14-8-10-18(2)16-22)23-19(3)29-32(27(23)34)21-12-6-5-7-13-21/h5-17H,4H2,1-3H3/p+1. The number of para-hydroxylation sites is 1. The minimum absolute atomic E-state index is 0.0863. The number of hydrogen-bond donors (Lipinski definition) is 1. The van der Waals surface area contributed by atoms with Crippen LogP contribution in [-0.4, -0.2) is 21.6 Å². The molecule has 0 bridgehead atoms. The van der Waals surface area contributed by atoms with E-state index in [9.17, 15) is 14.4 Å². The number of benzene rings is 2. The normalized spacial score (nSPS) is 13.7. The number of carbonyl (C=O) groups is 2. The van der Waals surface area contributed by atoms with Gasteiger partial charge in [-0.15, -0.1) is 0 Å². The molecule has 1 N–H and O–H groups in total. The highest BCUT2D eigenvalue weighted by Crippen LogP contribution is 2.33. The van der Waals surface area contributed by atoms with E-state index in [0.717, 1.165) is 22.4 Å². The van der Waals surface area contributed by atoms with E-state index in [1.807, 2.05) is 56.4 Å². The highest BCUT2D eigenvalue weighted by Gasteiger charge is 2.48. The smallest absolute Gasteiger partial charge is 0.295 e. The summed E-state index contributed by atoms with van der Waals surface area (Å²) in [6, 6.07) is 20.1. The van der Waals surface area contributed by atoms with Crippen molar-refractivity contribution < 1.29 is 14.2 Å². The van der Waals surface area contributed by atoms with Crippen LogP contribution in [0, 0.1) is 13.8 Å². The second-order valence-corrected chi connectivity index (χ2v) is 8.57. The molecule has 4 aromatic rings. The Morgan fingerprint density at radius 1 is 0.857 bits per heavy atom. The molecule has 7 nitrogen and oxygen atoms in total. The van der Waals surface area contributed by atoms with E-state index in [1.165, 1.54) is 4.68 Å². The molecule has 0 saturated heterocycles. The molecular weight excluding hydrogens is 440 g/mol. The van der Waals surface area contributed by atoms with Crippen LogP contribution < -0.4 is 15.0 Å². The number of pyridine rings is 1. The Morgan fingerprint density at radius 3 is 2.31 bits per heavy atom. The van der Waals surface area contributed by atoms with E-state index in [2.05, 4.69) is 5.10 Å². The lowest BCUT2D eigenvalue weighted by Gasteiger charge is -2.14. The molecule has 0 unspecified atom stereocenters. The van der Waals surface area contributed by atoms with E-state index in [4.69, 9.17) is 0 Å². The summed E-state index contributed by atoms with van der Waals surface area (Å²) in [5, 5.41) is 3.08. The number of amides is 2. The summed E-state index contributed by atoms with van der Waals surface area (Å²) in [6.45, 7) is 5.66. The number of anilines is 1. The molecule has 7 heteroatoms. The molecule has 0 radical (unpaired) electrons. The maximum Gasteiger partial charge on any atom is 0.331 e. The zero-order valence-electron chi connectivity index (χ0n) is 19.8. The fourth-order valence-corrected chi connectivity index (χ4v) is 4.46. The van der Waals surface area contributed by atoms with Crippen molar-refractivity contribution in [3.8, 4) is 5.69 Å². The van der Waals surface area contributed by atoms with Gasteiger partial charge < -0.3 is 0 Å². The van der Waals surface area contributed by atoms with Crippen LogP contribution in [0.15, 0.2) is 83.9 Å². The van der Waals surface area contributed by atoms with Gasteiger partial charge in [0, 0.05) is 17.3 Å². The van der Waals surface area contributed by atoms with Crippen molar-refractivity contribution in [2.75, 3.05) is 4.90 Å². The lowest BCUT2D eigenvalue weighted by Crippen LogP contribution is -2.40. The number of rotatable bonds is 5. The van der Waals surface area contributed by atoms with Crippen LogP contribution in [0.3, 0.4) is 0 Å². The summed E-state index contributed by atoms with van der Waals surface area (Å²) in [6.07, 6.45) is 4.33. The molecule has 0 saturated carbocycles. The quantitative estimate of drug-likeness (QED) is 0.362. The third kappa shape index (κ3) is 3.71. The number of hydrogen-bond acceptors (Lipinski definition) is 3. The number of carbonyl (C=O) groups excluding carboxylic acids is 2. The van der Waals surface area contributed by atoms with Crippen molar-refractivity contribution in [3.05, 3.63) is 112 Å². The summed E-state index contributed by atoms with van der Waals surface area (Å²) in [5.41, 5.74) is 3.58. The van der Waals surface area contributed by atoms with Crippen LogP contribution in [0.4, 0.5) is 5.69 Å². The van der Waals surface area contributed by atoms with Crippen molar-refractivity contribution in [3.63, 3.8) is 0 Å². The second-order valence-electron chi connectivity index (χ2n) is 8.57. The van der Waals surface area contributed by atoms with Crippen molar-refractivity contribution >= 4 is 28.8 Å². The van der Waals surface area contributed by atoms with Gasteiger partial charge in [0.05, 0.1) is 16.9 Å². The van der Waals surface area contributed by atoms with Crippen molar-refractivity contribution in [1.29, 1.82) is 0 Å². The van der Waals surface area contributed by atoms with Crippen LogP contribution in [0.1, 0.15) is 29.3 Å². The molecule has 2 amide bonds. The number of aromatic nitrogens is 3. The summed E-state index contributed by atoms with van der Waals surface area (Å²) in [7, 11) is 0. The van der Waals surface area contributed by atoms with E-state index in [0.29, 0.717) is 17.1 Å². The van der Waals surface area contributed by atoms with Gasteiger partial charge in [-0.2, -0.15) is 4.57 Å². The molecular formula is C28H25N4O3+. The Balaban J connectivity index is 1.77. The van der Waals surface area contributed by atoms with Gasteiger partial charge in [-0.3, -0.25) is 19.5 Å². The number of aryl methyl sites for hydroxylation is 3. The summed E-state index contributed by atoms with van der Waals surface area (Å²) in [4.78, 5) is 42.5. The van der Waals surface area contributed by atoms with Gasteiger partial charge in [-0.05, 0) is 56.2 Å². The van der Waals surface area contributed by atoms with Gasteiger partial charge in [0.25, 0.3) is 17.2 Å². The van der Waals surface area contributed by atoms with Crippen LogP contribution in [0.5, 0.6) is 0 Å². The van der Waals surface area contributed by atoms with Gasteiger partial charge in [-0.1, -0.05) is 37.3 Å². The van der Waals surface area contributed by atoms with E-state index >= 15 is 0 Å². The van der Waals surface area contributed by atoms with Crippen molar-refractivity contribution in [2.45, 2.75) is 27.2 Å². The molecule has 1 aliphatic rings. The number of nitrogens with one attached hydrogen (secondary N) is 1. The first kappa shape index (κ1) is 22.3. The van der Waals surface area contributed by atoms with Crippen molar-refractivity contribution in [2.24, 2.45) is 0 Å². The topological polar surface area (TPSA) is 79.1 Å². The maximum atomic E-state index is 13.9. The lowest BCUT2D eigenvalue weighted by molar-refractivity contribution is -0.577. The first-order valence-electron chi connectivity index (χ1n) is 11.5. The second kappa shape index (κ2) is 8.68. The van der Waals surface area contributed by atoms with Gasteiger partial charge in [0.2, 0.25) is 0 Å². The van der Waals surface area contributed by atoms with Gasteiger partial charge >= 0.3 is 5.91 Å². The highest BCUT2D eigenvalue weighted by atomic mass is 16.2. The molecule has 2 aromatic heterocycles. The Morgan fingerprint density at radius 2 is 1.60 bits per heavy atom. The molecule has 0 spiro atoms. The zero-order chi connectivity index (χ0) is 24.7. The van der Waals surface area contributed by atoms with E-state index < -0.39 is 11.8 Å². The summed E-state index contributed by atoms with van der Waals surface area (Å²) < 4.78 is 3.05. The third-order valence-electron chi connectivity index (χ3n) is 6.18. The van der Waals surface area contributed by atoms with E-state index in [-0.39, 0.29) is 22.4 Å². The minimum atomic E-state index is -0.524. The maximum absolute atomic E-state index is 13.9. The Bertz CT molecular complexity index is 1560. The molecule has 1 aliphatic heterocycles. The summed E-state index contributed by atoms with van der Waals surface area (Å²) in [5.74, 6) is -0.996. The van der Waals surface area contributed by atoms with Crippen LogP contribution >= 0.6 is 0 Å². The Labute approximate surface area is 202 Å². The SMILES string of the molecule is CCc1ccc[n+](C2=C(c3c(C)[nH]n(-c4ccccc4)c3=O)C(=O)N(c3cccc(C)c3)C2=O)c1. The predicted molar refractivity (Wildman–Crippen MR) is 134 cm³/mol. The molecule has 174 valence electrons. The molecule has 3 heterocycles. The first-order chi connectivity index (χ1) is 16.9. The largest absolute Gasteiger partial charge is 0.331 e. The fourth-order valence-electron chi connectivity index (χ4n) is 4.46. The number of aromatic amines is 1. The molecule has 35 heavy (non-hydrogen) atoms. The summed E-state index contributed by atoms with van der Waals surface area (Å²) >= 11 is 0. The van der Waals surface area contributed by atoms with Gasteiger partial charge in [0.1, 0.15) is 5.57 Å². The first-order valence-corrected chi connectivity index (χ1v) is 11.5. The number of H-pyrrole nitrogens is 1. The Hall–Kier alpha value is -4.52. The molecule has 2 aromatic carbocycles. The van der Waals surface area contributed by atoms with Crippen molar-refractivity contribution in [1.82, 2.24) is 9.78 Å². The predicted octanol–water partition coefficient (Wildman–Crippen LogP) is 3.57. The monoisotopic (exact) mass is 465 g/mol.